The molecule has 0 aliphatic heterocycles. The quantitative estimate of drug-likeness (QED) is 0.732. The summed E-state index contributed by atoms with van der Waals surface area (Å²) < 4.78 is 0. The second-order valence-electron chi connectivity index (χ2n) is 6.31. The lowest BCUT2D eigenvalue weighted by Crippen LogP contribution is -2.41. The van der Waals surface area contributed by atoms with Crippen molar-refractivity contribution in [3.05, 3.63) is 65.2 Å². The maximum Gasteiger partial charge on any atom is 0.313 e. The van der Waals surface area contributed by atoms with Gasteiger partial charge in [-0.25, -0.2) is 0 Å². The molecule has 0 aliphatic carbocycles. The maximum atomic E-state index is 12.1. The van der Waals surface area contributed by atoms with E-state index in [-0.39, 0.29) is 6.04 Å². The van der Waals surface area contributed by atoms with Crippen molar-refractivity contribution in [1.29, 1.82) is 0 Å². The van der Waals surface area contributed by atoms with Crippen molar-refractivity contribution < 1.29 is 14.7 Å². The molecule has 0 aliphatic rings. The number of rotatable bonds is 5. The molecule has 2 atom stereocenters. The van der Waals surface area contributed by atoms with Gasteiger partial charge in [0.1, 0.15) is 0 Å². The van der Waals surface area contributed by atoms with Gasteiger partial charge in [0.25, 0.3) is 0 Å². The molecule has 2 unspecified atom stereocenters. The zero-order valence-electron chi connectivity index (χ0n) is 14.7. The van der Waals surface area contributed by atoms with Crippen molar-refractivity contribution in [3.8, 4) is 0 Å². The number of aryl methyl sites for hydroxylation is 2. The van der Waals surface area contributed by atoms with Crippen LogP contribution < -0.4 is 10.6 Å². The van der Waals surface area contributed by atoms with Crippen LogP contribution in [-0.4, -0.2) is 23.0 Å². The van der Waals surface area contributed by atoms with Crippen LogP contribution in [0.15, 0.2) is 48.5 Å². The lowest BCUT2D eigenvalue weighted by Gasteiger charge is -2.18. The number of carbonyl (C=O) groups is 2. The third-order valence-electron chi connectivity index (χ3n) is 3.99. The Kier molecular flexibility index (Phi) is 6.31. The minimum atomic E-state index is -0.714. The van der Waals surface area contributed by atoms with E-state index < -0.39 is 17.9 Å². The fraction of sp³-hybridized carbons (Fsp3) is 0.300. The van der Waals surface area contributed by atoms with E-state index in [9.17, 15) is 14.7 Å². The van der Waals surface area contributed by atoms with Gasteiger partial charge in [0.05, 0.1) is 6.10 Å². The Morgan fingerprint density at radius 2 is 1.72 bits per heavy atom. The molecule has 0 radical (unpaired) electrons. The Bertz CT molecular complexity index is 744. The highest BCUT2D eigenvalue weighted by molar-refractivity contribution is 6.39. The van der Waals surface area contributed by atoms with Gasteiger partial charge in [0.2, 0.25) is 0 Å². The smallest absolute Gasteiger partial charge is 0.313 e. The first-order chi connectivity index (χ1) is 11.9. The molecule has 2 amide bonds. The minimum Gasteiger partial charge on any atom is -0.388 e. The van der Waals surface area contributed by atoms with Gasteiger partial charge in [-0.15, -0.1) is 0 Å². The molecule has 5 heteroatoms. The Morgan fingerprint density at radius 1 is 1.04 bits per heavy atom. The molecular weight excluding hydrogens is 316 g/mol. The number of hydrogen-bond acceptors (Lipinski definition) is 3. The van der Waals surface area contributed by atoms with Gasteiger partial charge >= 0.3 is 11.8 Å². The van der Waals surface area contributed by atoms with Gasteiger partial charge < -0.3 is 15.7 Å². The number of carbonyl (C=O) groups excluding carboxylic acids is 2. The molecule has 3 N–H and O–H groups in total. The summed E-state index contributed by atoms with van der Waals surface area (Å²) in [4.78, 5) is 24.1. The van der Waals surface area contributed by atoms with Crippen LogP contribution in [0, 0.1) is 13.8 Å². The van der Waals surface area contributed by atoms with Gasteiger partial charge in [-0.3, -0.25) is 9.59 Å². The second kappa shape index (κ2) is 8.44. The number of nitrogens with one attached hydrogen (secondary N) is 2. The van der Waals surface area contributed by atoms with E-state index in [1.54, 1.807) is 6.92 Å². The van der Waals surface area contributed by atoms with Crippen LogP contribution in [0.3, 0.4) is 0 Å². The highest BCUT2D eigenvalue weighted by Crippen LogP contribution is 2.18. The predicted octanol–water partition coefficient (Wildman–Crippen LogP) is 2.87. The second-order valence-corrected chi connectivity index (χ2v) is 6.31. The fourth-order valence-electron chi connectivity index (χ4n) is 2.54. The number of benzene rings is 2. The number of hydrogen-bond donors (Lipinski definition) is 3. The minimum absolute atomic E-state index is 0.326. The van der Waals surface area contributed by atoms with Crippen molar-refractivity contribution in [2.24, 2.45) is 0 Å². The molecule has 0 fully saturated rings. The molecule has 0 spiro atoms. The standard InChI is InChI=1S/C20H24N2O3/c1-13-9-10-14(2)17(11-13)22-20(25)19(24)21-15(3)12-18(23)16-7-5-4-6-8-16/h4-11,15,18,23H,12H2,1-3H3,(H,21,24)(H,22,25). The zero-order chi connectivity index (χ0) is 18.4. The Balaban J connectivity index is 1.90. The first-order valence-corrected chi connectivity index (χ1v) is 8.29. The third kappa shape index (κ3) is 5.43. The van der Waals surface area contributed by atoms with Crippen LogP contribution >= 0.6 is 0 Å². The van der Waals surface area contributed by atoms with E-state index in [1.807, 2.05) is 62.4 Å². The van der Waals surface area contributed by atoms with E-state index in [4.69, 9.17) is 0 Å². The van der Waals surface area contributed by atoms with Crippen LogP contribution in [0.25, 0.3) is 0 Å². The van der Waals surface area contributed by atoms with Crippen LogP contribution in [0.4, 0.5) is 5.69 Å². The van der Waals surface area contributed by atoms with Crippen LogP contribution in [0.5, 0.6) is 0 Å². The average Bonchev–Trinajstić information content (AvgIpc) is 2.58. The summed E-state index contributed by atoms with van der Waals surface area (Å²) in [5.74, 6) is -1.43. The van der Waals surface area contributed by atoms with E-state index in [0.717, 1.165) is 16.7 Å². The summed E-state index contributed by atoms with van der Waals surface area (Å²) in [5.41, 5.74) is 3.29. The first-order valence-electron chi connectivity index (χ1n) is 8.29. The number of amides is 2. The molecule has 0 heterocycles. The summed E-state index contributed by atoms with van der Waals surface area (Å²) in [6.45, 7) is 5.54. The number of anilines is 1. The molecule has 5 nitrogen and oxygen atoms in total. The van der Waals surface area contributed by atoms with Gasteiger partial charge in [0, 0.05) is 11.7 Å². The molecule has 25 heavy (non-hydrogen) atoms. The summed E-state index contributed by atoms with van der Waals surface area (Å²) in [7, 11) is 0. The molecule has 0 saturated carbocycles. The van der Waals surface area contributed by atoms with Crippen molar-refractivity contribution >= 4 is 17.5 Å². The summed E-state index contributed by atoms with van der Waals surface area (Å²) in [6, 6.07) is 14.5. The maximum absolute atomic E-state index is 12.1. The summed E-state index contributed by atoms with van der Waals surface area (Å²) in [6.07, 6.45) is -0.370. The molecular formula is C20H24N2O3. The number of aliphatic hydroxyl groups is 1. The van der Waals surface area contributed by atoms with E-state index in [2.05, 4.69) is 10.6 Å². The highest BCUT2D eigenvalue weighted by Gasteiger charge is 2.19. The Labute approximate surface area is 148 Å². The van der Waals surface area contributed by atoms with E-state index in [1.165, 1.54) is 0 Å². The molecule has 2 rings (SSSR count). The molecule has 2 aromatic rings. The Morgan fingerprint density at radius 3 is 2.40 bits per heavy atom. The predicted molar refractivity (Wildman–Crippen MR) is 98.2 cm³/mol. The van der Waals surface area contributed by atoms with E-state index in [0.29, 0.717) is 12.1 Å². The number of aliphatic hydroxyl groups excluding tert-OH is 1. The third-order valence-corrected chi connectivity index (χ3v) is 3.99. The van der Waals surface area contributed by atoms with Crippen molar-refractivity contribution in [3.63, 3.8) is 0 Å². The monoisotopic (exact) mass is 340 g/mol. The van der Waals surface area contributed by atoms with Gasteiger partial charge in [0.15, 0.2) is 0 Å². The topological polar surface area (TPSA) is 78.4 Å². The summed E-state index contributed by atoms with van der Waals surface area (Å²) >= 11 is 0. The molecule has 0 bridgehead atoms. The van der Waals surface area contributed by atoms with Crippen LogP contribution in [0.2, 0.25) is 0 Å². The van der Waals surface area contributed by atoms with Gasteiger partial charge in [-0.05, 0) is 49.9 Å². The SMILES string of the molecule is Cc1ccc(C)c(NC(=O)C(=O)NC(C)CC(O)c2ccccc2)c1. The van der Waals surface area contributed by atoms with Crippen molar-refractivity contribution in [2.45, 2.75) is 39.3 Å². The van der Waals surface area contributed by atoms with Crippen molar-refractivity contribution in [1.82, 2.24) is 5.32 Å². The average molecular weight is 340 g/mol. The molecule has 2 aromatic carbocycles. The molecule has 132 valence electrons. The zero-order valence-corrected chi connectivity index (χ0v) is 14.7. The summed E-state index contributed by atoms with van der Waals surface area (Å²) in [5, 5.41) is 15.4. The highest BCUT2D eigenvalue weighted by atomic mass is 16.3. The lowest BCUT2D eigenvalue weighted by molar-refractivity contribution is -0.136. The first kappa shape index (κ1) is 18.7. The lowest BCUT2D eigenvalue weighted by atomic mass is 10.0. The molecule has 0 saturated heterocycles. The normalized spacial score (nSPS) is 13.0. The fourth-order valence-corrected chi connectivity index (χ4v) is 2.54. The largest absolute Gasteiger partial charge is 0.388 e. The Hall–Kier alpha value is -2.66. The van der Waals surface area contributed by atoms with Gasteiger partial charge in [-0.1, -0.05) is 42.5 Å². The van der Waals surface area contributed by atoms with Crippen LogP contribution in [-0.2, 0) is 9.59 Å². The van der Waals surface area contributed by atoms with Gasteiger partial charge in [-0.2, -0.15) is 0 Å². The van der Waals surface area contributed by atoms with Crippen LogP contribution in [0.1, 0.15) is 36.1 Å². The van der Waals surface area contributed by atoms with E-state index >= 15 is 0 Å². The van der Waals surface area contributed by atoms with Crippen molar-refractivity contribution in [2.75, 3.05) is 5.32 Å². The molecule has 0 aromatic heterocycles.